The third-order valence-corrected chi connectivity index (χ3v) is 12.6. The standard InChI is InChI=1S/C27H27N11O7S4/c28-22-32-15-4-1-13(7-16(15)49-22)26(29,34-23(44)37-6-5-36(25(37)45)14-2-3-14)19(42)33-27(30-10-39)20(43)38-17(18(40)41)12(8-46-21(27)38)9-47-24-35-31-11-48-24/h1,4,7,10-11,14,21H,2-3,5-6,8-9,29H2,(H2,28,32)(H,30,39)(H,33,42)(H,34,44)(H,40,41)/t21-,26?,27+/m0/s1. The molecule has 8 N–H and O–H groups in total. The fraction of sp³-hybridized carbons (Fsp3) is 0.370. The molecule has 4 aliphatic rings. The summed E-state index contributed by atoms with van der Waals surface area (Å²) in [5, 5.41) is 24.4. The van der Waals surface area contributed by atoms with Gasteiger partial charge in [-0.1, -0.05) is 40.5 Å². The third-order valence-electron chi connectivity index (χ3n) is 8.46. The molecule has 18 nitrogen and oxygen atoms in total. The molecule has 2 aromatic heterocycles. The second-order valence-corrected chi connectivity index (χ2v) is 15.6. The highest BCUT2D eigenvalue weighted by Gasteiger charge is 2.67. The largest absolute Gasteiger partial charge is 0.477 e. The SMILES string of the molecule is Nc1nc2ccc(C(N)(NC(=O)N3CCN(C4CC4)C3=O)C(=O)N[C@]3(NC=O)C(=O)N4C(C(=O)O)=C(CSc5nncs5)CS[C@H]43)cc2s1. The first-order valence-corrected chi connectivity index (χ1v) is 18.4. The van der Waals surface area contributed by atoms with E-state index in [0.717, 1.165) is 45.7 Å². The van der Waals surface area contributed by atoms with Gasteiger partial charge in [-0.2, -0.15) is 0 Å². The molecule has 7 rings (SSSR count). The van der Waals surface area contributed by atoms with Crippen LogP contribution in [0.4, 0.5) is 14.7 Å². The van der Waals surface area contributed by atoms with Crippen LogP contribution < -0.4 is 27.4 Å². The second kappa shape index (κ2) is 12.4. The summed E-state index contributed by atoms with van der Waals surface area (Å²) in [5.41, 5.74) is 10.3. The third kappa shape index (κ3) is 5.61. The lowest BCUT2D eigenvalue weighted by Crippen LogP contribution is -2.86. The van der Waals surface area contributed by atoms with Gasteiger partial charge in [-0.15, -0.1) is 22.0 Å². The predicted octanol–water partition coefficient (Wildman–Crippen LogP) is 0.0557. The average molecular weight is 746 g/mol. The normalized spacial score (nSPS) is 23.2. The summed E-state index contributed by atoms with van der Waals surface area (Å²) in [6, 6.07) is 3.08. The number of benzene rings is 1. The van der Waals surface area contributed by atoms with Crippen molar-refractivity contribution in [2.75, 3.05) is 30.3 Å². The lowest BCUT2D eigenvalue weighted by atomic mass is 9.92. The molecule has 3 fully saturated rings. The van der Waals surface area contributed by atoms with Crippen molar-refractivity contribution in [3.05, 3.63) is 40.5 Å². The number of hydrogen-bond acceptors (Lipinski definition) is 15. The highest BCUT2D eigenvalue weighted by molar-refractivity contribution is 8.01. The van der Waals surface area contributed by atoms with Gasteiger partial charge in [0, 0.05) is 36.2 Å². The number of carboxylic acid groups (broad SMARTS) is 1. The van der Waals surface area contributed by atoms with Crippen LogP contribution in [0.3, 0.4) is 0 Å². The molecule has 7 amide bonds. The van der Waals surface area contributed by atoms with E-state index in [1.165, 1.54) is 40.7 Å². The summed E-state index contributed by atoms with van der Waals surface area (Å²) >= 11 is 4.77. The van der Waals surface area contributed by atoms with Gasteiger partial charge in [-0.3, -0.25) is 25.0 Å². The van der Waals surface area contributed by atoms with E-state index in [1.807, 2.05) is 0 Å². The number of hydrogen-bond donors (Lipinski definition) is 6. The summed E-state index contributed by atoms with van der Waals surface area (Å²) in [6.07, 6.45) is 1.88. The fourth-order valence-corrected chi connectivity index (χ4v) is 9.74. The van der Waals surface area contributed by atoms with Crippen molar-refractivity contribution in [3.63, 3.8) is 0 Å². The number of aliphatic carboxylic acids is 1. The van der Waals surface area contributed by atoms with E-state index < -0.39 is 46.5 Å². The lowest BCUT2D eigenvalue weighted by Gasteiger charge is -2.57. The Hall–Kier alpha value is -4.51. The van der Waals surface area contributed by atoms with E-state index in [2.05, 4.69) is 31.1 Å². The van der Waals surface area contributed by atoms with Gasteiger partial charge in [-0.25, -0.2) is 24.3 Å². The fourth-order valence-electron chi connectivity index (χ4n) is 5.91. The van der Waals surface area contributed by atoms with Gasteiger partial charge in [0.15, 0.2) is 15.1 Å². The number of nitrogens with one attached hydrogen (secondary N) is 3. The topological polar surface area (TPSA) is 259 Å². The number of carbonyl (C=O) groups excluding carboxylic acids is 5. The zero-order chi connectivity index (χ0) is 34.7. The van der Waals surface area contributed by atoms with E-state index in [4.69, 9.17) is 11.5 Å². The Bertz CT molecular complexity index is 1940. The maximum Gasteiger partial charge on any atom is 0.352 e. The number of rotatable bonds is 11. The zero-order valence-corrected chi connectivity index (χ0v) is 28.4. The van der Waals surface area contributed by atoms with Gasteiger partial charge in [0.1, 0.15) is 16.6 Å². The summed E-state index contributed by atoms with van der Waals surface area (Å²) in [4.78, 5) is 87.1. The van der Waals surface area contributed by atoms with Gasteiger partial charge in [0.05, 0.1) is 10.2 Å². The number of carbonyl (C=O) groups is 6. The molecule has 1 aliphatic carbocycles. The van der Waals surface area contributed by atoms with Gasteiger partial charge < -0.3 is 31.7 Å². The van der Waals surface area contributed by atoms with Crippen LogP contribution in [0.1, 0.15) is 18.4 Å². The number of nitrogens with two attached hydrogens (primary N) is 2. The number of anilines is 1. The smallest absolute Gasteiger partial charge is 0.352 e. The minimum Gasteiger partial charge on any atom is -0.477 e. The van der Waals surface area contributed by atoms with Crippen molar-refractivity contribution in [2.24, 2.45) is 5.73 Å². The Labute approximate surface area is 293 Å². The number of thiazole rings is 1. The molecule has 1 unspecified atom stereocenters. The molecule has 5 heterocycles. The number of nitrogens with zero attached hydrogens (tertiary/aromatic N) is 6. The number of carboxylic acids is 1. The van der Waals surface area contributed by atoms with Crippen LogP contribution in [0.5, 0.6) is 0 Å². The first-order chi connectivity index (χ1) is 23.5. The van der Waals surface area contributed by atoms with E-state index in [0.29, 0.717) is 26.7 Å². The molecule has 2 saturated heterocycles. The Morgan fingerprint density at radius 2 is 2.02 bits per heavy atom. The molecule has 1 aromatic carbocycles. The monoisotopic (exact) mass is 745 g/mol. The minimum atomic E-state index is -2.41. The van der Waals surface area contributed by atoms with Crippen LogP contribution in [0.25, 0.3) is 10.2 Å². The van der Waals surface area contributed by atoms with Crippen LogP contribution in [-0.2, 0) is 24.8 Å². The minimum absolute atomic E-state index is 0.0542. The maximum atomic E-state index is 14.4. The van der Waals surface area contributed by atoms with Crippen LogP contribution in [0.15, 0.2) is 39.3 Å². The van der Waals surface area contributed by atoms with E-state index >= 15 is 0 Å². The van der Waals surface area contributed by atoms with Crippen LogP contribution in [-0.4, -0.2) is 113 Å². The van der Waals surface area contributed by atoms with E-state index in [1.54, 1.807) is 11.0 Å². The van der Waals surface area contributed by atoms with Gasteiger partial charge in [-0.05, 0) is 30.5 Å². The maximum absolute atomic E-state index is 14.4. The van der Waals surface area contributed by atoms with Crippen LogP contribution in [0, 0.1) is 0 Å². The van der Waals surface area contributed by atoms with Gasteiger partial charge in [0.2, 0.25) is 12.1 Å². The Kier molecular flexibility index (Phi) is 8.37. The van der Waals surface area contributed by atoms with Crippen LogP contribution >= 0.6 is 46.2 Å². The lowest BCUT2D eigenvalue weighted by molar-refractivity contribution is -0.163. The number of imide groups is 1. The molecular formula is C27H27N11O7S4. The van der Waals surface area contributed by atoms with Crippen molar-refractivity contribution in [1.82, 2.24) is 45.8 Å². The van der Waals surface area contributed by atoms with Crippen molar-refractivity contribution in [3.8, 4) is 0 Å². The van der Waals surface area contributed by atoms with E-state index in [-0.39, 0.29) is 46.9 Å². The molecule has 1 saturated carbocycles. The molecule has 22 heteroatoms. The summed E-state index contributed by atoms with van der Waals surface area (Å²) in [7, 11) is 0. The molecule has 0 spiro atoms. The quantitative estimate of drug-likeness (QED) is 0.0657. The summed E-state index contributed by atoms with van der Waals surface area (Å²) < 4.78 is 1.15. The first kappa shape index (κ1) is 33.0. The number of β-lactam (4-membered cyclic amide) rings is 1. The summed E-state index contributed by atoms with van der Waals surface area (Å²) in [6.45, 7) is 0.388. The Morgan fingerprint density at radius 1 is 1.22 bits per heavy atom. The molecule has 0 bridgehead atoms. The number of amides is 7. The van der Waals surface area contributed by atoms with Crippen molar-refractivity contribution in [2.45, 2.75) is 39.9 Å². The Morgan fingerprint density at radius 3 is 2.71 bits per heavy atom. The van der Waals surface area contributed by atoms with Crippen molar-refractivity contribution >= 4 is 97.8 Å². The number of urea groups is 2. The Balaban J connectivity index is 1.20. The van der Waals surface area contributed by atoms with Gasteiger partial charge >= 0.3 is 18.0 Å². The van der Waals surface area contributed by atoms with Gasteiger partial charge in [0.25, 0.3) is 11.8 Å². The second-order valence-electron chi connectivity index (χ2n) is 11.4. The van der Waals surface area contributed by atoms with Crippen LogP contribution in [0.2, 0.25) is 0 Å². The number of aromatic nitrogens is 3. The molecule has 256 valence electrons. The number of thioether (sulfide) groups is 2. The molecule has 3 aromatic rings. The number of fused-ring (bicyclic) bond motifs is 2. The molecule has 49 heavy (non-hydrogen) atoms. The zero-order valence-electron chi connectivity index (χ0n) is 25.2. The average Bonchev–Trinajstić information content (AvgIpc) is 3.43. The highest BCUT2D eigenvalue weighted by atomic mass is 32.2. The molecule has 3 atom stereocenters. The van der Waals surface area contributed by atoms with E-state index in [9.17, 15) is 33.9 Å². The molecular weight excluding hydrogens is 719 g/mol. The summed E-state index contributed by atoms with van der Waals surface area (Å²) in [5.74, 6) is -3.08. The first-order valence-electron chi connectivity index (χ1n) is 14.7. The molecule has 3 aliphatic heterocycles. The van der Waals surface area contributed by atoms with Crippen molar-refractivity contribution in [1.29, 1.82) is 0 Å². The molecule has 0 radical (unpaired) electrons. The predicted molar refractivity (Wildman–Crippen MR) is 179 cm³/mol. The highest BCUT2D eigenvalue weighted by Crippen LogP contribution is 2.46. The number of nitrogen functional groups attached to an aromatic ring is 1. The van der Waals surface area contributed by atoms with Crippen molar-refractivity contribution < 1.29 is 33.9 Å².